The molecule has 3 rings (SSSR count). The van der Waals surface area contributed by atoms with Crippen molar-refractivity contribution < 1.29 is 5.11 Å². The second-order valence-electron chi connectivity index (χ2n) is 5.82. The van der Waals surface area contributed by atoms with Gasteiger partial charge in [-0.15, -0.1) is 0 Å². The van der Waals surface area contributed by atoms with Gasteiger partial charge in [0.25, 0.3) is 5.56 Å². The minimum Gasteiger partial charge on any atom is -0.493 e. The Balaban J connectivity index is 2.16. The van der Waals surface area contributed by atoms with Gasteiger partial charge in [0, 0.05) is 10.7 Å². The van der Waals surface area contributed by atoms with Crippen LogP contribution in [0.15, 0.2) is 55.5 Å². The smallest absolute Gasteiger partial charge is 0.335 e. The summed E-state index contributed by atoms with van der Waals surface area (Å²) in [6.45, 7) is 1.92. The lowest BCUT2D eigenvalue weighted by Crippen LogP contribution is -2.31. The molecule has 1 aromatic heterocycles. The Kier molecular flexibility index (Phi) is 6.07. The van der Waals surface area contributed by atoms with E-state index in [2.05, 4.69) is 25.9 Å². The van der Waals surface area contributed by atoms with Crippen LogP contribution in [0, 0.1) is 0 Å². The van der Waals surface area contributed by atoms with Gasteiger partial charge in [0.05, 0.1) is 21.4 Å². The second kappa shape index (κ2) is 8.34. The Bertz CT molecular complexity index is 1200. The number of H-pyrrole nitrogens is 1. The Morgan fingerprint density at radius 3 is 2.61 bits per heavy atom. The van der Waals surface area contributed by atoms with Crippen molar-refractivity contribution in [3.05, 3.63) is 82.9 Å². The van der Waals surface area contributed by atoms with Crippen LogP contribution in [0.5, 0.6) is 5.88 Å². The lowest BCUT2D eigenvalue weighted by Gasteiger charge is -2.13. The van der Waals surface area contributed by atoms with Gasteiger partial charge in [-0.1, -0.05) is 46.1 Å². The van der Waals surface area contributed by atoms with E-state index in [-0.39, 0.29) is 5.56 Å². The summed E-state index contributed by atoms with van der Waals surface area (Å²) in [6.07, 6.45) is 1.79. The van der Waals surface area contributed by atoms with E-state index in [1.54, 1.807) is 24.3 Å². The van der Waals surface area contributed by atoms with Gasteiger partial charge in [-0.25, -0.2) is 9.36 Å². The second-order valence-corrected chi connectivity index (χ2v) is 7.55. The number of aromatic nitrogens is 2. The van der Waals surface area contributed by atoms with Crippen LogP contribution in [-0.2, 0) is 6.42 Å². The Morgan fingerprint density at radius 1 is 1.18 bits per heavy atom. The van der Waals surface area contributed by atoms with Crippen molar-refractivity contribution in [2.24, 2.45) is 4.99 Å². The molecule has 0 radical (unpaired) electrons. The number of aromatic hydroxyl groups is 1. The van der Waals surface area contributed by atoms with Crippen molar-refractivity contribution in [2.75, 3.05) is 0 Å². The number of aliphatic imine (C=N–C) groups is 1. The van der Waals surface area contributed by atoms with Crippen LogP contribution in [0.4, 0.5) is 5.69 Å². The van der Waals surface area contributed by atoms with Crippen molar-refractivity contribution in [3.8, 4) is 11.6 Å². The number of benzene rings is 2. The van der Waals surface area contributed by atoms with E-state index in [4.69, 9.17) is 23.2 Å². The third kappa shape index (κ3) is 4.06. The highest BCUT2D eigenvalue weighted by Crippen LogP contribution is 2.27. The SMILES string of the molecule is CCc1cc(Br)ccc1-n1c(O)c(C=Nc2ccc(Cl)c(Cl)c2)c(=O)[nH]c1=O. The average Bonchev–Trinajstić information content (AvgIpc) is 2.65. The molecule has 3 aromatic rings. The lowest BCUT2D eigenvalue weighted by molar-refractivity contribution is 0.429. The topological polar surface area (TPSA) is 87.4 Å². The molecule has 28 heavy (non-hydrogen) atoms. The van der Waals surface area contributed by atoms with E-state index >= 15 is 0 Å². The molecule has 0 aliphatic carbocycles. The van der Waals surface area contributed by atoms with Crippen molar-refractivity contribution in [1.82, 2.24) is 9.55 Å². The van der Waals surface area contributed by atoms with E-state index in [1.165, 1.54) is 12.3 Å². The molecule has 2 N–H and O–H groups in total. The molecular formula is C19H14BrCl2N3O3. The largest absolute Gasteiger partial charge is 0.493 e. The molecule has 0 bridgehead atoms. The molecule has 0 saturated carbocycles. The van der Waals surface area contributed by atoms with Gasteiger partial charge < -0.3 is 5.11 Å². The Labute approximate surface area is 178 Å². The Morgan fingerprint density at radius 2 is 1.93 bits per heavy atom. The molecule has 0 amide bonds. The third-order valence-electron chi connectivity index (χ3n) is 4.03. The summed E-state index contributed by atoms with van der Waals surface area (Å²) in [5.74, 6) is -0.505. The van der Waals surface area contributed by atoms with Gasteiger partial charge in [0.15, 0.2) is 0 Å². The zero-order valence-corrected chi connectivity index (χ0v) is 17.6. The summed E-state index contributed by atoms with van der Waals surface area (Å²) in [4.78, 5) is 31.0. The van der Waals surface area contributed by atoms with Gasteiger partial charge in [-0.3, -0.25) is 14.8 Å². The van der Waals surface area contributed by atoms with Gasteiger partial charge in [0.2, 0.25) is 5.88 Å². The first kappa shape index (κ1) is 20.4. The summed E-state index contributed by atoms with van der Waals surface area (Å²) in [5, 5.41) is 11.3. The summed E-state index contributed by atoms with van der Waals surface area (Å²) >= 11 is 15.2. The monoisotopic (exact) mass is 481 g/mol. The molecule has 0 unspecified atom stereocenters. The number of rotatable bonds is 4. The van der Waals surface area contributed by atoms with E-state index < -0.39 is 17.1 Å². The first-order valence-electron chi connectivity index (χ1n) is 8.18. The maximum atomic E-state index is 12.4. The molecule has 0 aliphatic rings. The highest BCUT2D eigenvalue weighted by atomic mass is 79.9. The fourth-order valence-electron chi connectivity index (χ4n) is 2.64. The predicted molar refractivity (Wildman–Crippen MR) is 115 cm³/mol. The van der Waals surface area contributed by atoms with Crippen LogP contribution in [0.25, 0.3) is 5.69 Å². The highest BCUT2D eigenvalue weighted by Gasteiger charge is 2.16. The standard InChI is InChI=1S/C19H14BrCl2N3O3/c1-2-10-7-11(20)3-6-16(10)25-18(27)13(17(26)24-19(25)28)9-23-12-4-5-14(21)15(22)8-12/h3-9,27H,2H2,1H3,(H,24,26,28). The van der Waals surface area contributed by atoms with Crippen LogP contribution in [0.1, 0.15) is 18.1 Å². The molecule has 9 heteroatoms. The number of nitrogens with zero attached hydrogens (tertiary/aromatic N) is 2. The average molecular weight is 483 g/mol. The number of halogens is 3. The van der Waals surface area contributed by atoms with Gasteiger partial charge in [-0.2, -0.15) is 0 Å². The third-order valence-corrected chi connectivity index (χ3v) is 5.26. The molecular weight excluding hydrogens is 469 g/mol. The molecule has 0 fully saturated rings. The summed E-state index contributed by atoms with van der Waals surface area (Å²) in [5.41, 5.74) is 0.0586. The fraction of sp³-hybridized carbons (Fsp3) is 0.105. The van der Waals surface area contributed by atoms with Crippen molar-refractivity contribution in [3.63, 3.8) is 0 Å². The van der Waals surface area contributed by atoms with Crippen LogP contribution >= 0.6 is 39.1 Å². The zero-order valence-electron chi connectivity index (χ0n) is 14.5. The molecule has 0 spiro atoms. The number of hydrogen-bond donors (Lipinski definition) is 2. The van der Waals surface area contributed by atoms with Crippen molar-refractivity contribution >= 4 is 51.0 Å². The molecule has 144 valence electrons. The quantitative estimate of drug-likeness (QED) is 0.532. The zero-order chi connectivity index (χ0) is 20.4. The maximum Gasteiger partial charge on any atom is 0.335 e. The van der Waals surface area contributed by atoms with Crippen LogP contribution < -0.4 is 11.2 Å². The Hall–Kier alpha value is -2.35. The normalized spacial score (nSPS) is 11.3. The fourth-order valence-corrected chi connectivity index (χ4v) is 3.34. The van der Waals surface area contributed by atoms with Crippen molar-refractivity contribution in [1.29, 1.82) is 0 Å². The number of aromatic amines is 1. The van der Waals surface area contributed by atoms with Crippen LogP contribution in [-0.4, -0.2) is 20.9 Å². The molecule has 0 atom stereocenters. The van der Waals surface area contributed by atoms with Crippen LogP contribution in [0.2, 0.25) is 10.0 Å². The molecule has 0 saturated heterocycles. The first-order valence-corrected chi connectivity index (χ1v) is 9.73. The summed E-state index contributed by atoms with van der Waals surface area (Å²) < 4.78 is 1.88. The number of aryl methyl sites for hydroxylation is 1. The molecule has 2 aromatic carbocycles. The lowest BCUT2D eigenvalue weighted by atomic mass is 10.1. The van der Waals surface area contributed by atoms with E-state index in [9.17, 15) is 14.7 Å². The first-order chi connectivity index (χ1) is 13.3. The molecule has 1 heterocycles. The number of hydrogen-bond acceptors (Lipinski definition) is 4. The predicted octanol–water partition coefficient (Wildman–Crippen LogP) is 4.61. The summed E-state index contributed by atoms with van der Waals surface area (Å²) in [7, 11) is 0. The van der Waals surface area contributed by atoms with Crippen molar-refractivity contribution in [2.45, 2.75) is 13.3 Å². The van der Waals surface area contributed by atoms with Gasteiger partial charge in [0.1, 0.15) is 5.56 Å². The number of nitrogens with one attached hydrogen (secondary N) is 1. The van der Waals surface area contributed by atoms with Crippen LogP contribution in [0.3, 0.4) is 0 Å². The van der Waals surface area contributed by atoms with Gasteiger partial charge in [-0.05, 0) is 48.4 Å². The maximum absolute atomic E-state index is 12.4. The highest BCUT2D eigenvalue weighted by molar-refractivity contribution is 9.10. The van der Waals surface area contributed by atoms with E-state index in [0.29, 0.717) is 27.8 Å². The summed E-state index contributed by atoms with van der Waals surface area (Å²) in [6, 6.07) is 9.96. The minimum atomic E-state index is -0.752. The minimum absolute atomic E-state index is 0.157. The molecule has 6 nitrogen and oxygen atoms in total. The van der Waals surface area contributed by atoms with E-state index in [1.807, 2.05) is 13.0 Å². The van der Waals surface area contributed by atoms with Gasteiger partial charge >= 0.3 is 5.69 Å². The van der Waals surface area contributed by atoms with E-state index in [0.717, 1.165) is 14.6 Å². The molecule has 0 aliphatic heterocycles.